The van der Waals surface area contributed by atoms with Gasteiger partial charge in [-0.1, -0.05) is 0 Å². The highest BCUT2D eigenvalue weighted by Gasteiger charge is 2.17. The summed E-state index contributed by atoms with van der Waals surface area (Å²) in [5.41, 5.74) is 7.19. The maximum atomic E-state index is 10.9. The van der Waals surface area contributed by atoms with Gasteiger partial charge in [0.2, 0.25) is 0 Å². The molecule has 2 aromatic heterocycles. The van der Waals surface area contributed by atoms with Gasteiger partial charge in [0.1, 0.15) is 5.56 Å². The molecule has 0 spiro atoms. The van der Waals surface area contributed by atoms with Crippen molar-refractivity contribution in [2.45, 2.75) is 0 Å². The lowest BCUT2D eigenvalue weighted by Gasteiger charge is -1.97. The zero-order chi connectivity index (χ0) is 10.1. The van der Waals surface area contributed by atoms with Crippen LogP contribution in [0.5, 0.6) is 0 Å². The van der Waals surface area contributed by atoms with Gasteiger partial charge in [-0.25, -0.2) is 4.79 Å². The van der Waals surface area contributed by atoms with Gasteiger partial charge in [-0.2, -0.15) is 0 Å². The molecule has 72 valence electrons. The average Bonchev–Trinajstić information content (AvgIpc) is 2.70. The Labute approximate surface area is 79.6 Å². The normalized spacial score (nSPS) is 10.3. The summed E-state index contributed by atoms with van der Waals surface area (Å²) in [6.07, 6.45) is 4.90. The Bertz CT molecular complexity index is 456. The number of carboxylic acids is 1. The number of carbonyl (C=O) groups is 1. The van der Waals surface area contributed by atoms with Crippen molar-refractivity contribution in [3.8, 4) is 11.3 Å². The topological polar surface area (TPSA) is 94.9 Å². The first-order valence-electron chi connectivity index (χ1n) is 4.03. The van der Waals surface area contributed by atoms with E-state index in [9.17, 15) is 4.79 Å². The Balaban J connectivity index is 2.60. The van der Waals surface area contributed by atoms with Gasteiger partial charge in [0.15, 0.2) is 0 Å². The molecule has 0 radical (unpaired) electrons. The molecule has 0 aliphatic heterocycles. The quantitative estimate of drug-likeness (QED) is 0.576. The maximum absolute atomic E-state index is 10.9. The SMILES string of the molecule is Nc1c[nH]c(-c2cc[nH]c2)c1C(=O)O. The van der Waals surface area contributed by atoms with Crippen LogP contribution in [0.1, 0.15) is 10.4 Å². The van der Waals surface area contributed by atoms with Crippen LogP contribution < -0.4 is 5.73 Å². The third kappa shape index (κ3) is 1.15. The fraction of sp³-hybridized carbons (Fsp3) is 0. The van der Waals surface area contributed by atoms with Gasteiger partial charge in [0, 0.05) is 24.2 Å². The van der Waals surface area contributed by atoms with Gasteiger partial charge in [0.25, 0.3) is 0 Å². The number of hydrogen-bond acceptors (Lipinski definition) is 2. The second kappa shape index (κ2) is 2.95. The summed E-state index contributed by atoms with van der Waals surface area (Å²) in [6.45, 7) is 0. The van der Waals surface area contributed by atoms with Crippen molar-refractivity contribution in [2.24, 2.45) is 0 Å². The zero-order valence-corrected chi connectivity index (χ0v) is 7.24. The smallest absolute Gasteiger partial charge is 0.340 e. The van der Waals surface area contributed by atoms with E-state index in [2.05, 4.69) is 9.97 Å². The molecule has 0 saturated carbocycles. The van der Waals surface area contributed by atoms with E-state index in [0.29, 0.717) is 5.69 Å². The van der Waals surface area contributed by atoms with Crippen LogP contribution in [0, 0.1) is 0 Å². The Morgan fingerprint density at radius 3 is 2.79 bits per heavy atom. The molecule has 5 heteroatoms. The van der Waals surface area contributed by atoms with Crippen LogP contribution in [0.3, 0.4) is 0 Å². The molecule has 0 unspecified atom stereocenters. The van der Waals surface area contributed by atoms with E-state index < -0.39 is 5.97 Å². The lowest BCUT2D eigenvalue weighted by Crippen LogP contribution is -2.00. The number of nitrogens with one attached hydrogen (secondary N) is 2. The number of aromatic carboxylic acids is 1. The Hall–Kier alpha value is -2.17. The third-order valence-corrected chi connectivity index (χ3v) is 2.01. The molecule has 0 amide bonds. The largest absolute Gasteiger partial charge is 0.478 e. The van der Waals surface area contributed by atoms with Crippen molar-refractivity contribution in [3.05, 3.63) is 30.2 Å². The first kappa shape index (κ1) is 8.43. The number of nitrogens with two attached hydrogens (primary N) is 1. The Morgan fingerprint density at radius 1 is 1.43 bits per heavy atom. The zero-order valence-electron chi connectivity index (χ0n) is 7.24. The van der Waals surface area contributed by atoms with E-state index in [1.807, 2.05) is 0 Å². The van der Waals surface area contributed by atoms with Crippen molar-refractivity contribution in [2.75, 3.05) is 5.73 Å². The third-order valence-electron chi connectivity index (χ3n) is 2.01. The minimum absolute atomic E-state index is 0.115. The standard InChI is InChI=1S/C9H9N3O2/c10-6-4-12-8(7(6)9(13)14)5-1-2-11-3-5/h1-4,11-12H,10H2,(H,13,14). The molecule has 0 atom stereocenters. The van der Waals surface area contributed by atoms with E-state index in [1.165, 1.54) is 6.20 Å². The molecular formula is C9H9N3O2. The summed E-state index contributed by atoms with van der Waals surface area (Å²) in [5.74, 6) is -1.03. The van der Waals surface area contributed by atoms with Crippen LogP contribution in [0.2, 0.25) is 0 Å². The maximum Gasteiger partial charge on any atom is 0.340 e. The van der Waals surface area contributed by atoms with Crippen LogP contribution in [0.4, 0.5) is 5.69 Å². The molecular weight excluding hydrogens is 182 g/mol. The Kier molecular flexibility index (Phi) is 1.78. The van der Waals surface area contributed by atoms with Gasteiger partial charge in [-0.15, -0.1) is 0 Å². The molecule has 0 aliphatic rings. The molecule has 2 rings (SSSR count). The first-order chi connectivity index (χ1) is 6.70. The van der Waals surface area contributed by atoms with Crippen molar-refractivity contribution < 1.29 is 9.90 Å². The Morgan fingerprint density at radius 2 is 2.21 bits per heavy atom. The highest BCUT2D eigenvalue weighted by molar-refractivity contribution is 6.00. The van der Waals surface area contributed by atoms with Crippen LogP contribution in [0.25, 0.3) is 11.3 Å². The minimum Gasteiger partial charge on any atom is -0.478 e. The number of nitrogen functional groups attached to an aromatic ring is 1. The lowest BCUT2D eigenvalue weighted by atomic mass is 10.1. The summed E-state index contributed by atoms with van der Waals surface area (Å²) in [7, 11) is 0. The number of aromatic amines is 2. The van der Waals surface area contributed by atoms with Gasteiger partial charge >= 0.3 is 5.97 Å². The fourth-order valence-electron chi connectivity index (χ4n) is 1.38. The summed E-state index contributed by atoms with van der Waals surface area (Å²) >= 11 is 0. The van der Waals surface area contributed by atoms with Crippen LogP contribution in [-0.2, 0) is 0 Å². The highest BCUT2D eigenvalue weighted by Crippen LogP contribution is 2.26. The molecule has 0 fully saturated rings. The van der Waals surface area contributed by atoms with Crippen molar-refractivity contribution >= 4 is 11.7 Å². The van der Waals surface area contributed by atoms with Gasteiger partial charge in [-0.3, -0.25) is 0 Å². The molecule has 14 heavy (non-hydrogen) atoms. The van der Waals surface area contributed by atoms with Gasteiger partial charge in [-0.05, 0) is 6.07 Å². The molecule has 2 heterocycles. The minimum atomic E-state index is -1.03. The lowest BCUT2D eigenvalue weighted by molar-refractivity contribution is 0.0699. The molecule has 0 aliphatic carbocycles. The molecule has 0 aromatic carbocycles. The molecule has 5 N–H and O–H groups in total. The van der Waals surface area contributed by atoms with E-state index in [0.717, 1.165) is 5.56 Å². The number of hydrogen-bond donors (Lipinski definition) is 4. The first-order valence-corrected chi connectivity index (χ1v) is 4.03. The van der Waals surface area contributed by atoms with Gasteiger partial charge in [0.05, 0.1) is 11.4 Å². The average molecular weight is 191 g/mol. The molecule has 0 bridgehead atoms. The van der Waals surface area contributed by atoms with Crippen LogP contribution >= 0.6 is 0 Å². The van der Waals surface area contributed by atoms with Crippen LogP contribution in [-0.4, -0.2) is 21.0 Å². The summed E-state index contributed by atoms with van der Waals surface area (Å²) in [6, 6.07) is 1.78. The highest BCUT2D eigenvalue weighted by atomic mass is 16.4. The predicted molar refractivity (Wildman–Crippen MR) is 52.0 cm³/mol. The summed E-state index contributed by atoms with van der Waals surface area (Å²) < 4.78 is 0. The van der Waals surface area contributed by atoms with Crippen LogP contribution in [0.15, 0.2) is 24.7 Å². The predicted octanol–water partition coefficient (Wildman–Crippen LogP) is 1.29. The van der Waals surface area contributed by atoms with E-state index in [-0.39, 0.29) is 11.3 Å². The second-order valence-corrected chi connectivity index (χ2v) is 2.90. The number of anilines is 1. The van der Waals surface area contributed by atoms with Crippen molar-refractivity contribution in [1.29, 1.82) is 0 Å². The van der Waals surface area contributed by atoms with Crippen molar-refractivity contribution in [1.82, 2.24) is 9.97 Å². The van der Waals surface area contributed by atoms with Crippen molar-refractivity contribution in [3.63, 3.8) is 0 Å². The number of H-pyrrole nitrogens is 2. The van der Waals surface area contributed by atoms with Gasteiger partial charge < -0.3 is 20.8 Å². The molecule has 5 nitrogen and oxygen atoms in total. The van der Waals surface area contributed by atoms with E-state index in [1.54, 1.807) is 18.5 Å². The number of carboxylic acid groups (broad SMARTS) is 1. The van der Waals surface area contributed by atoms with E-state index >= 15 is 0 Å². The second-order valence-electron chi connectivity index (χ2n) is 2.90. The number of rotatable bonds is 2. The summed E-state index contributed by atoms with van der Waals surface area (Å²) in [4.78, 5) is 16.6. The molecule has 2 aromatic rings. The summed E-state index contributed by atoms with van der Waals surface area (Å²) in [5, 5.41) is 8.92. The monoisotopic (exact) mass is 191 g/mol. The number of aromatic nitrogens is 2. The fourth-order valence-corrected chi connectivity index (χ4v) is 1.38. The molecule has 0 saturated heterocycles. The van der Waals surface area contributed by atoms with E-state index in [4.69, 9.17) is 10.8 Å².